The number of piperazine rings is 1. The van der Waals surface area contributed by atoms with Gasteiger partial charge in [-0.1, -0.05) is 6.42 Å². The number of hydrogen-bond acceptors (Lipinski definition) is 6. The van der Waals surface area contributed by atoms with Crippen LogP contribution in [0.15, 0.2) is 28.0 Å². The van der Waals surface area contributed by atoms with E-state index in [2.05, 4.69) is 4.90 Å². The lowest BCUT2D eigenvalue weighted by atomic mass is 10.2. The fourth-order valence-electron chi connectivity index (χ4n) is 4.06. The van der Waals surface area contributed by atoms with Crippen LogP contribution in [0.3, 0.4) is 0 Å². The number of carbonyl (C=O) groups excluding carboxylic acids is 2. The maximum atomic E-state index is 13.1. The zero-order valence-corrected chi connectivity index (χ0v) is 18.9. The van der Waals surface area contributed by atoms with Gasteiger partial charge in [-0.05, 0) is 38.1 Å². The summed E-state index contributed by atoms with van der Waals surface area (Å²) in [6.07, 6.45) is 2.78. The number of benzene rings is 1. The van der Waals surface area contributed by atoms with Gasteiger partial charge in [0, 0.05) is 44.2 Å². The second kappa shape index (κ2) is 8.86. The molecule has 0 saturated carbocycles. The van der Waals surface area contributed by atoms with E-state index in [0.717, 1.165) is 37.2 Å². The molecule has 3 aliphatic heterocycles. The molecule has 0 aromatic heterocycles. The molecule has 164 valence electrons. The number of nitrogens with zero attached hydrogens (tertiary/aromatic N) is 4. The molecule has 4 rings (SSSR count). The van der Waals surface area contributed by atoms with E-state index in [1.165, 1.54) is 21.0 Å². The SMILES string of the molecule is CN1CCN(C(=O)CN2C(=O)CSc3ccc(S(=O)(=O)N4CCCCC4)cc32)CC1. The van der Waals surface area contributed by atoms with Crippen molar-refractivity contribution in [3.63, 3.8) is 0 Å². The fourth-order valence-corrected chi connectivity index (χ4v) is 6.51. The molecule has 1 aromatic carbocycles. The Morgan fingerprint density at radius 1 is 1.03 bits per heavy atom. The van der Waals surface area contributed by atoms with Gasteiger partial charge in [-0.25, -0.2) is 8.42 Å². The first-order chi connectivity index (χ1) is 14.4. The molecule has 8 nitrogen and oxygen atoms in total. The van der Waals surface area contributed by atoms with Crippen molar-refractivity contribution in [2.45, 2.75) is 29.1 Å². The number of rotatable bonds is 4. The zero-order chi connectivity index (χ0) is 21.3. The van der Waals surface area contributed by atoms with Gasteiger partial charge in [0.1, 0.15) is 6.54 Å². The van der Waals surface area contributed by atoms with Crippen LogP contribution in [0.4, 0.5) is 5.69 Å². The molecule has 3 heterocycles. The molecule has 2 amide bonds. The number of carbonyl (C=O) groups is 2. The van der Waals surface area contributed by atoms with Gasteiger partial charge in [0.2, 0.25) is 21.8 Å². The van der Waals surface area contributed by atoms with E-state index in [-0.39, 0.29) is 29.0 Å². The lowest BCUT2D eigenvalue weighted by molar-refractivity contribution is -0.132. The Labute approximate surface area is 182 Å². The highest BCUT2D eigenvalue weighted by atomic mass is 32.2. The van der Waals surface area contributed by atoms with Crippen LogP contribution in [0, 0.1) is 0 Å². The Morgan fingerprint density at radius 3 is 2.43 bits per heavy atom. The number of likely N-dealkylation sites (N-methyl/N-ethyl adjacent to an activating group) is 1. The Hall–Kier alpha value is -1.62. The van der Waals surface area contributed by atoms with Crippen LogP contribution in [0.25, 0.3) is 0 Å². The minimum atomic E-state index is -3.61. The number of piperidine rings is 1. The van der Waals surface area contributed by atoms with E-state index in [0.29, 0.717) is 31.9 Å². The first kappa shape index (κ1) is 21.6. The summed E-state index contributed by atoms with van der Waals surface area (Å²) in [6, 6.07) is 4.95. The predicted molar refractivity (Wildman–Crippen MR) is 116 cm³/mol. The lowest BCUT2D eigenvalue weighted by Crippen LogP contribution is -2.51. The maximum absolute atomic E-state index is 13.1. The molecular weight excluding hydrogens is 424 g/mol. The number of amides is 2. The highest BCUT2D eigenvalue weighted by Gasteiger charge is 2.32. The van der Waals surface area contributed by atoms with Gasteiger partial charge in [-0.3, -0.25) is 9.59 Å². The Morgan fingerprint density at radius 2 is 1.73 bits per heavy atom. The van der Waals surface area contributed by atoms with Gasteiger partial charge < -0.3 is 14.7 Å². The summed E-state index contributed by atoms with van der Waals surface area (Å²) in [5.74, 6) is -0.0117. The van der Waals surface area contributed by atoms with E-state index in [4.69, 9.17) is 0 Å². The zero-order valence-electron chi connectivity index (χ0n) is 17.2. The van der Waals surface area contributed by atoms with Crippen molar-refractivity contribution in [1.29, 1.82) is 0 Å². The molecule has 2 saturated heterocycles. The molecule has 2 fully saturated rings. The van der Waals surface area contributed by atoms with Gasteiger partial charge in [0.05, 0.1) is 16.3 Å². The van der Waals surface area contributed by atoms with E-state index in [9.17, 15) is 18.0 Å². The van der Waals surface area contributed by atoms with Crippen LogP contribution < -0.4 is 4.90 Å². The molecule has 10 heteroatoms. The van der Waals surface area contributed by atoms with Gasteiger partial charge in [0.15, 0.2) is 0 Å². The van der Waals surface area contributed by atoms with E-state index >= 15 is 0 Å². The molecule has 1 aromatic rings. The second-order valence-electron chi connectivity index (χ2n) is 8.05. The molecule has 0 radical (unpaired) electrons. The highest BCUT2D eigenvalue weighted by Crippen LogP contribution is 2.37. The first-order valence-electron chi connectivity index (χ1n) is 10.4. The Bertz CT molecular complexity index is 923. The third kappa shape index (κ3) is 4.37. The van der Waals surface area contributed by atoms with Gasteiger partial charge in [0.25, 0.3) is 0 Å². The third-order valence-corrected chi connectivity index (χ3v) is 8.92. The average molecular weight is 453 g/mol. The van der Waals surface area contributed by atoms with E-state index < -0.39 is 10.0 Å². The predicted octanol–water partition coefficient (Wildman–Crippen LogP) is 1.07. The molecule has 0 unspecified atom stereocenters. The van der Waals surface area contributed by atoms with Crippen molar-refractivity contribution in [2.24, 2.45) is 0 Å². The van der Waals surface area contributed by atoms with Gasteiger partial charge >= 0.3 is 0 Å². The average Bonchev–Trinajstić information content (AvgIpc) is 2.76. The summed E-state index contributed by atoms with van der Waals surface area (Å²) in [4.78, 5) is 31.9. The van der Waals surface area contributed by atoms with Crippen LogP contribution in [0.5, 0.6) is 0 Å². The standard InChI is InChI=1S/C20H28N4O4S2/c1-21-9-11-22(12-10-21)19(25)14-24-17-13-16(5-6-18(17)29-15-20(24)26)30(27,28)23-7-3-2-4-8-23/h5-6,13H,2-4,7-12,14-15H2,1H3. The van der Waals surface area contributed by atoms with E-state index in [1.54, 1.807) is 23.1 Å². The molecule has 0 spiro atoms. The highest BCUT2D eigenvalue weighted by molar-refractivity contribution is 8.00. The summed E-state index contributed by atoms with van der Waals surface area (Å²) in [7, 11) is -1.58. The summed E-state index contributed by atoms with van der Waals surface area (Å²) < 4.78 is 27.7. The van der Waals surface area contributed by atoms with Gasteiger partial charge in [-0.15, -0.1) is 11.8 Å². The van der Waals surface area contributed by atoms with Crippen LogP contribution in [-0.4, -0.2) is 93.0 Å². The van der Waals surface area contributed by atoms with Crippen LogP contribution >= 0.6 is 11.8 Å². The topological polar surface area (TPSA) is 81.2 Å². The molecule has 30 heavy (non-hydrogen) atoms. The molecule has 0 bridgehead atoms. The Kier molecular flexibility index (Phi) is 6.38. The van der Waals surface area contributed by atoms with Crippen molar-refractivity contribution in [1.82, 2.24) is 14.1 Å². The molecular formula is C20H28N4O4S2. The minimum Gasteiger partial charge on any atom is -0.339 e. The molecule has 0 aliphatic carbocycles. The lowest BCUT2D eigenvalue weighted by Gasteiger charge is -2.35. The van der Waals surface area contributed by atoms with Crippen molar-refractivity contribution >= 4 is 39.3 Å². The summed E-state index contributed by atoms with van der Waals surface area (Å²) >= 11 is 1.39. The monoisotopic (exact) mass is 452 g/mol. The smallest absolute Gasteiger partial charge is 0.243 e. The van der Waals surface area contributed by atoms with Crippen molar-refractivity contribution in [3.05, 3.63) is 18.2 Å². The van der Waals surface area contributed by atoms with Crippen molar-refractivity contribution in [3.8, 4) is 0 Å². The molecule has 0 atom stereocenters. The second-order valence-corrected chi connectivity index (χ2v) is 11.0. The van der Waals surface area contributed by atoms with E-state index in [1.807, 2.05) is 7.05 Å². The number of fused-ring (bicyclic) bond motifs is 1. The minimum absolute atomic E-state index is 0.0523. The quantitative estimate of drug-likeness (QED) is 0.680. The number of thioether (sulfide) groups is 1. The first-order valence-corrected chi connectivity index (χ1v) is 12.8. The largest absolute Gasteiger partial charge is 0.339 e. The summed E-state index contributed by atoms with van der Waals surface area (Å²) in [6.45, 7) is 3.90. The molecule has 3 aliphatic rings. The number of sulfonamides is 1. The normalized spacial score (nSPS) is 21.6. The summed E-state index contributed by atoms with van der Waals surface area (Å²) in [5.41, 5.74) is 0.525. The van der Waals surface area contributed by atoms with Crippen LogP contribution in [0.2, 0.25) is 0 Å². The van der Waals surface area contributed by atoms with Crippen LogP contribution in [0.1, 0.15) is 19.3 Å². The van der Waals surface area contributed by atoms with Crippen molar-refractivity contribution in [2.75, 3.05) is 63.5 Å². The van der Waals surface area contributed by atoms with Crippen LogP contribution in [-0.2, 0) is 19.6 Å². The number of hydrogen-bond donors (Lipinski definition) is 0. The molecule has 0 N–H and O–H groups in total. The fraction of sp³-hybridized carbons (Fsp3) is 0.600. The Balaban J connectivity index is 1.58. The van der Waals surface area contributed by atoms with Gasteiger partial charge in [-0.2, -0.15) is 4.31 Å². The number of anilines is 1. The summed E-state index contributed by atoms with van der Waals surface area (Å²) in [5, 5.41) is 0. The van der Waals surface area contributed by atoms with Crippen molar-refractivity contribution < 1.29 is 18.0 Å². The maximum Gasteiger partial charge on any atom is 0.243 e. The third-order valence-electron chi connectivity index (χ3n) is 5.98.